The first-order valence-electron chi connectivity index (χ1n) is 8.41. The summed E-state index contributed by atoms with van der Waals surface area (Å²) in [7, 11) is 4.59. The fourth-order valence-corrected chi connectivity index (χ4v) is 3.40. The van der Waals surface area contributed by atoms with Gasteiger partial charge in [-0.1, -0.05) is 6.07 Å². The second-order valence-corrected chi connectivity index (χ2v) is 6.79. The van der Waals surface area contributed by atoms with E-state index in [9.17, 15) is 4.79 Å². The number of rotatable bonds is 8. The molecule has 150 valence electrons. The number of hydrogen-bond donors (Lipinski definition) is 1. The molecule has 0 bridgehead atoms. The summed E-state index contributed by atoms with van der Waals surface area (Å²) in [6, 6.07) is 7.37. The zero-order valence-electron chi connectivity index (χ0n) is 16.5. The van der Waals surface area contributed by atoms with Crippen LogP contribution in [0.5, 0.6) is 23.0 Å². The zero-order chi connectivity index (χ0) is 20.7. The van der Waals surface area contributed by atoms with Crippen LogP contribution >= 0.6 is 15.9 Å². The van der Waals surface area contributed by atoms with Gasteiger partial charge in [-0.3, -0.25) is 4.79 Å². The molecule has 1 amide bonds. The lowest BCUT2D eigenvalue weighted by Gasteiger charge is -2.12. The second kappa shape index (κ2) is 9.98. The quantitative estimate of drug-likeness (QED) is 0.490. The standard InChI is InChI=1S/C20H23BrN2O5/c1-12-6-13(2)19(15(21)7-12)28-11-18(24)23-22-10-14-8-16(25-3)20(27-5)17(9-14)26-4/h6-10H,11H2,1-5H3,(H,23,24). The Morgan fingerprint density at radius 3 is 2.21 bits per heavy atom. The molecule has 2 aromatic rings. The van der Waals surface area contributed by atoms with Crippen molar-refractivity contribution in [2.45, 2.75) is 13.8 Å². The minimum Gasteiger partial charge on any atom is -0.493 e. The lowest BCUT2D eigenvalue weighted by Crippen LogP contribution is -2.24. The van der Waals surface area contributed by atoms with Crippen LogP contribution in [-0.2, 0) is 4.79 Å². The van der Waals surface area contributed by atoms with Gasteiger partial charge in [0.15, 0.2) is 18.1 Å². The van der Waals surface area contributed by atoms with Gasteiger partial charge in [-0.05, 0) is 59.1 Å². The Morgan fingerprint density at radius 1 is 1.04 bits per heavy atom. The summed E-state index contributed by atoms with van der Waals surface area (Å²) in [5, 5.41) is 3.95. The summed E-state index contributed by atoms with van der Waals surface area (Å²) in [6.07, 6.45) is 1.48. The van der Waals surface area contributed by atoms with Gasteiger partial charge in [0.05, 0.1) is 32.0 Å². The van der Waals surface area contributed by atoms with Crippen molar-refractivity contribution in [2.24, 2.45) is 5.10 Å². The number of carbonyl (C=O) groups is 1. The summed E-state index contributed by atoms with van der Waals surface area (Å²) in [5.41, 5.74) is 5.16. The number of benzene rings is 2. The minimum absolute atomic E-state index is 0.158. The average molecular weight is 451 g/mol. The van der Waals surface area contributed by atoms with E-state index in [1.54, 1.807) is 12.1 Å². The summed E-state index contributed by atoms with van der Waals surface area (Å²) >= 11 is 3.45. The highest BCUT2D eigenvalue weighted by atomic mass is 79.9. The third-order valence-electron chi connectivity index (χ3n) is 3.81. The van der Waals surface area contributed by atoms with Gasteiger partial charge >= 0.3 is 0 Å². The molecule has 0 aliphatic heterocycles. The highest BCUT2D eigenvalue weighted by molar-refractivity contribution is 9.10. The monoisotopic (exact) mass is 450 g/mol. The molecule has 8 heteroatoms. The Morgan fingerprint density at radius 2 is 1.68 bits per heavy atom. The van der Waals surface area contributed by atoms with Crippen molar-refractivity contribution in [2.75, 3.05) is 27.9 Å². The lowest BCUT2D eigenvalue weighted by molar-refractivity contribution is -0.123. The smallest absolute Gasteiger partial charge is 0.277 e. The number of halogens is 1. The van der Waals surface area contributed by atoms with E-state index in [2.05, 4.69) is 26.5 Å². The number of ether oxygens (including phenoxy) is 4. The van der Waals surface area contributed by atoms with Crippen LogP contribution in [0.2, 0.25) is 0 Å². The second-order valence-electron chi connectivity index (χ2n) is 5.93. The molecule has 0 radical (unpaired) electrons. The number of nitrogens with zero attached hydrogens (tertiary/aromatic N) is 1. The number of methoxy groups -OCH3 is 3. The molecular weight excluding hydrogens is 428 g/mol. The molecule has 0 fully saturated rings. The molecule has 0 unspecified atom stereocenters. The summed E-state index contributed by atoms with van der Waals surface area (Å²) in [5.74, 6) is 1.74. The van der Waals surface area contributed by atoms with Crippen molar-refractivity contribution in [1.82, 2.24) is 5.43 Å². The van der Waals surface area contributed by atoms with Gasteiger partial charge in [0.25, 0.3) is 5.91 Å². The number of amides is 1. The van der Waals surface area contributed by atoms with Gasteiger partial charge in [-0.2, -0.15) is 5.10 Å². The van der Waals surface area contributed by atoms with E-state index in [1.165, 1.54) is 27.5 Å². The van der Waals surface area contributed by atoms with Crippen LogP contribution in [0.1, 0.15) is 16.7 Å². The topological polar surface area (TPSA) is 78.4 Å². The van der Waals surface area contributed by atoms with Crippen molar-refractivity contribution in [3.63, 3.8) is 0 Å². The van der Waals surface area contributed by atoms with E-state index in [4.69, 9.17) is 18.9 Å². The van der Waals surface area contributed by atoms with Crippen LogP contribution in [-0.4, -0.2) is 40.1 Å². The van der Waals surface area contributed by atoms with Crippen molar-refractivity contribution in [3.05, 3.63) is 45.4 Å². The predicted octanol–water partition coefficient (Wildman–Crippen LogP) is 3.62. The average Bonchev–Trinajstić information content (AvgIpc) is 2.66. The van der Waals surface area contributed by atoms with Gasteiger partial charge in [0.2, 0.25) is 5.75 Å². The Hall–Kier alpha value is -2.74. The van der Waals surface area contributed by atoms with Gasteiger partial charge in [0.1, 0.15) is 5.75 Å². The molecule has 0 spiro atoms. The third kappa shape index (κ3) is 5.39. The molecule has 0 atom stereocenters. The van der Waals surface area contributed by atoms with Crippen LogP contribution in [0.3, 0.4) is 0 Å². The minimum atomic E-state index is -0.379. The van der Waals surface area contributed by atoms with Gasteiger partial charge in [0, 0.05) is 5.56 Å². The molecule has 7 nitrogen and oxygen atoms in total. The largest absolute Gasteiger partial charge is 0.493 e. The predicted molar refractivity (Wildman–Crippen MR) is 111 cm³/mol. The molecule has 0 aliphatic rings. The summed E-state index contributed by atoms with van der Waals surface area (Å²) in [4.78, 5) is 12.0. The molecule has 0 saturated carbocycles. The number of hydrogen-bond acceptors (Lipinski definition) is 6. The first kappa shape index (κ1) is 21.6. The molecule has 0 heterocycles. The maximum Gasteiger partial charge on any atom is 0.277 e. The SMILES string of the molecule is COc1cc(C=NNC(=O)COc2c(C)cc(C)cc2Br)cc(OC)c1OC. The van der Waals surface area contributed by atoms with Crippen molar-refractivity contribution in [3.8, 4) is 23.0 Å². The molecule has 0 aromatic heterocycles. The number of carbonyl (C=O) groups excluding carboxylic acids is 1. The molecular formula is C20H23BrN2O5. The summed E-state index contributed by atoms with van der Waals surface area (Å²) in [6.45, 7) is 3.76. The van der Waals surface area contributed by atoms with E-state index in [1.807, 2.05) is 26.0 Å². The molecule has 1 N–H and O–H groups in total. The Kier molecular flexibility index (Phi) is 7.69. The summed E-state index contributed by atoms with van der Waals surface area (Å²) < 4.78 is 22.3. The number of nitrogens with one attached hydrogen (secondary N) is 1. The van der Waals surface area contributed by atoms with E-state index >= 15 is 0 Å². The van der Waals surface area contributed by atoms with Gasteiger partial charge in [-0.15, -0.1) is 0 Å². The Balaban J connectivity index is 2.00. The van der Waals surface area contributed by atoms with Gasteiger partial charge < -0.3 is 18.9 Å². The van der Waals surface area contributed by atoms with Crippen LogP contribution in [0, 0.1) is 13.8 Å². The van der Waals surface area contributed by atoms with Crippen molar-refractivity contribution >= 4 is 28.1 Å². The fourth-order valence-electron chi connectivity index (χ4n) is 2.61. The van der Waals surface area contributed by atoms with E-state index in [0.717, 1.165) is 15.6 Å². The van der Waals surface area contributed by atoms with Crippen molar-refractivity contribution in [1.29, 1.82) is 0 Å². The van der Waals surface area contributed by atoms with Crippen LogP contribution < -0.4 is 24.4 Å². The third-order valence-corrected chi connectivity index (χ3v) is 4.40. The highest BCUT2D eigenvalue weighted by Crippen LogP contribution is 2.37. The van der Waals surface area contributed by atoms with E-state index in [-0.39, 0.29) is 12.5 Å². The maximum absolute atomic E-state index is 12.0. The molecule has 0 saturated heterocycles. The van der Waals surface area contributed by atoms with Crippen molar-refractivity contribution < 1.29 is 23.7 Å². The van der Waals surface area contributed by atoms with Gasteiger partial charge in [-0.25, -0.2) is 5.43 Å². The first-order valence-corrected chi connectivity index (χ1v) is 9.20. The first-order chi connectivity index (χ1) is 13.4. The van der Waals surface area contributed by atoms with Crippen LogP contribution in [0.4, 0.5) is 0 Å². The fraction of sp³-hybridized carbons (Fsp3) is 0.300. The van der Waals surface area contributed by atoms with E-state index < -0.39 is 0 Å². The Bertz CT molecular complexity index is 835. The van der Waals surface area contributed by atoms with Crippen LogP contribution in [0.15, 0.2) is 33.8 Å². The van der Waals surface area contributed by atoms with E-state index in [0.29, 0.717) is 28.6 Å². The van der Waals surface area contributed by atoms with Crippen LogP contribution in [0.25, 0.3) is 0 Å². The number of hydrazone groups is 1. The Labute approximate surface area is 172 Å². The highest BCUT2D eigenvalue weighted by Gasteiger charge is 2.12. The molecule has 2 rings (SSSR count). The molecule has 0 aliphatic carbocycles. The number of aryl methyl sites for hydroxylation is 2. The molecule has 28 heavy (non-hydrogen) atoms. The lowest BCUT2D eigenvalue weighted by atomic mass is 10.1. The molecule has 2 aromatic carbocycles. The maximum atomic E-state index is 12.0. The normalized spacial score (nSPS) is 10.6. The zero-order valence-corrected chi connectivity index (χ0v) is 18.0.